The lowest BCUT2D eigenvalue weighted by atomic mass is 9.68. The van der Waals surface area contributed by atoms with E-state index in [2.05, 4.69) is 0 Å². The number of benzene rings is 1. The van der Waals surface area contributed by atoms with Crippen LogP contribution >= 0.6 is 0 Å². The van der Waals surface area contributed by atoms with Crippen LogP contribution in [0.5, 0.6) is 0 Å². The molecule has 1 atom stereocenters. The van der Waals surface area contributed by atoms with Crippen LogP contribution in [0.1, 0.15) is 82.6 Å². The van der Waals surface area contributed by atoms with Crippen molar-refractivity contribution < 1.29 is 13.2 Å². The second-order valence-corrected chi connectivity index (χ2v) is 8.42. The third-order valence-electron chi connectivity index (χ3n) is 6.72. The lowest BCUT2D eigenvalue weighted by Crippen LogP contribution is -2.25. The normalized spacial score (nSPS) is 31.7. The van der Waals surface area contributed by atoms with E-state index in [1.54, 1.807) is 13.0 Å². The molecule has 1 aromatic rings. The van der Waals surface area contributed by atoms with Crippen molar-refractivity contribution in [3.05, 3.63) is 35.4 Å². The third kappa shape index (κ3) is 5.01. The molecular weight excluding hydrogens is 321 g/mol. The first-order valence-corrected chi connectivity index (χ1v) is 10.1. The quantitative estimate of drug-likeness (QED) is 0.526. The molecule has 0 amide bonds. The fourth-order valence-electron chi connectivity index (χ4n) is 5.10. The Balaban J connectivity index is 1.44. The molecule has 2 saturated carbocycles. The molecule has 0 N–H and O–H groups in total. The number of hydrogen-bond acceptors (Lipinski definition) is 0. The van der Waals surface area contributed by atoms with Crippen LogP contribution in [0, 0.1) is 29.4 Å². The summed E-state index contributed by atoms with van der Waals surface area (Å²) in [6.45, 7) is 1.66. The highest BCUT2D eigenvalue weighted by atomic mass is 19.2. The van der Waals surface area contributed by atoms with Gasteiger partial charge in [0.25, 0.3) is 0 Å². The average molecular weight is 352 g/mol. The second-order valence-electron chi connectivity index (χ2n) is 8.42. The number of alkyl halides is 1. The molecule has 0 spiro atoms. The molecule has 25 heavy (non-hydrogen) atoms. The van der Waals surface area contributed by atoms with Crippen molar-refractivity contribution in [3.63, 3.8) is 0 Å². The van der Waals surface area contributed by atoms with Crippen LogP contribution in [0.2, 0.25) is 0 Å². The van der Waals surface area contributed by atoms with Gasteiger partial charge in [0.1, 0.15) is 0 Å². The van der Waals surface area contributed by atoms with Gasteiger partial charge >= 0.3 is 0 Å². The van der Waals surface area contributed by atoms with E-state index in [1.807, 2.05) is 0 Å². The molecule has 2 aliphatic rings. The first-order chi connectivity index (χ1) is 12.0. The Morgan fingerprint density at radius 1 is 0.880 bits per heavy atom. The number of halogens is 3. The van der Waals surface area contributed by atoms with Gasteiger partial charge in [0.2, 0.25) is 0 Å². The minimum atomic E-state index is -0.753. The minimum Gasteiger partial charge on any atom is -0.248 e. The fourth-order valence-corrected chi connectivity index (χ4v) is 5.10. The zero-order chi connectivity index (χ0) is 17.8. The van der Waals surface area contributed by atoms with Crippen molar-refractivity contribution in [2.45, 2.75) is 83.2 Å². The van der Waals surface area contributed by atoms with Gasteiger partial charge in [-0.1, -0.05) is 18.9 Å². The Morgan fingerprint density at radius 2 is 1.48 bits per heavy atom. The summed E-state index contributed by atoms with van der Waals surface area (Å²) in [6, 6.07) is 4.40. The Morgan fingerprint density at radius 3 is 2.04 bits per heavy atom. The SMILES string of the molecule is CC(F)CCC1CCC(C2CCC(c3ccc(F)c(F)c3)CC2)CC1. The summed E-state index contributed by atoms with van der Waals surface area (Å²) in [5.74, 6) is 1.26. The third-order valence-corrected chi connectivity index (χ3v) is 6.72. The largest absolute Gasteiger partial charge is 0.248 e. The smallest absolute Gasteiger partial charge is 0.159 e. The van der Waals surface area contributed by atoms with Gasteiger partial charge in [-0.15, -0.1) is 0 Å². The van der Waals surface area contributed by atoms with E-state index in [4.69, 9.17) is 0 Å². The Hall–Kier alpha value is -0.990. The van der Waals surface area contributed by atoms with Crippen LogP contribution < -0.4 is 0 Å². The Kier molecular flexibility index (Phi) is 6.46. The maximum absolute atomic E-state index is 13.5. The highest BCUT2D eigenvalue weighted by molar-refractivity contribution is 5.22. The standard InChI is InChI=1S/C22H31F3/c1-15(23)2-3-16-4-6-17(7-5-16)18-8-10-19(11-9-18)20-12-13-21(24)22(25)14-20/h12-19H,2-11H2,1H3. The monoisotopic (exact) mass is 352 g/mol. The van der Waals surface area contributed by atoms with Crippen LogP contribution in [-0.4, -0.2) is 6.17 Å². The van der Waals surface area contributed by atoms with Gasteiger partial charge in [0.15, 0.2) is 11.6 Å². The minimum absolute atomic E-state index is 0.383. The second kappa shape index (κ2) is 8.60. The summed E-state index contributed by atoms with van der Waals surface area (Å²) < 4.78 is 39.6. The topological polar surface area (TPSA) is 0 Å². The first kappa shape index (κ1) is 18.8. The zero-order valence-electron chi connectivity index (χ0n) is 15.3. The predicted octanol–water partition coefficient (Wildman–Crippen LogP) is 7.18. The lowest BCUT2D eigenvalue weighted by Gasteiger charge is -2.38. The van der Waals surface area contributed by atoms with Crippen molar-refractivity contribution in [1.29, 1.82) is 0 Å². The molecule has 3 heteroatoms. The van der Waals surface area contributed by atoms with Gasteiger partial charge in [-0.2, -0.15) is 0 Å². The van der Waals surface area contributed by atoms with Crippen LogP contribution in [0.25, 0.3) is 0 Å². The van der Waals surface area contributed by atoms with Crippen LogP contribution in [0.4, 0.5) is 13.2 Å². The van der Waals surface area contributed by atoms with Gasteiger partial charge in [0, 0.05) is 0 Å². The molecule has 1 aromatic carbocycles. The van der Waals surface area contributed by atoms with Gasteiger partial charge < -0.3 is 0 Å². The Labute approximate surface area is 150 Å². The molecule has 140 valence electrons. The van der Waals surface area contributed by atoms with E-state index in [9.17, 15) is 13.2 Å². The van der Waals surface area contributed by atoms with Gasteiger partial charge in [-0.05, 0) is 99.7 Å². The fraction of sp³-hybridized carbons (Fsp3) is 0.727. The van der Waals surface area contributed by atoms with Crippen molar-refractivity contribution in [3.8, 4) is 0 Å². The van der Waals surface area contributed by atoms with Crippen LogP contribution in [-0.2, 0) is 0 Å². The van der Waals surface area contributed by atoms with E-state index in [0.717, 1.165) is 42.6 Å². The highest BCUT2D eigenvalue weighted by Gasteiger charge is 2.31. The molecule has 3 rings (SSSR count). The molecule has 2 fully saturated rings. The molecule has 0 bridgehead atoms. The maximum Gasteiger partial charge on any atom is 0.159 e. The van der Waals surface area contributed by atoms with E-state index < -0.39 is 17.8 Å². The molecule has 0 saturated heterocycles. The van der Waals surface area contributed by atoms with E-state index in [1.165, 1.54) is 50.7 Å². The summed E-state index contributed by atoms with van der Waals surface area (Å²) in [6.07, 6.45) is 10.8. The summed E-state index contributed by atoms with van der Waals surface area (Å²) >= 11 is 0. The molecular formula is C22H31F3. The van der Waals surface area contributed by atoms with Gasteiger partial charge in [-0.25, -0.2) is 13.2 Å². The number of hydrogen-bond donors (Lipinski definition) is 0. The van der Waals surface area contributed by atoms with Crippen molar-refractivity contribution >= 4 is 0 Å². The van der Waals surface area contributed by atoms with E-state index in [-0.39, 0.29) is 0 Å². The molecule has 0 nitrogen and oxygen atoms in total. The highest BCUT2D eigenvalue weighted by Crippen LogP contribution is 2.44. The average Bonchev–Trinajstić information content (AvgIpc) is 2.63. The Bertz CT molecular complexity index is 538. The van der Waals surface area contributed by atoms with E-state index in [0.29, 0.717) is 12.3 Å². The van der Waals surface area contributed by atoms with Crippen molar-refractivity contribution in [1.82, 2.24) is 0 Å². The van der Waals surface area contributed by atoms with Crippen LogP contribution in [0.15, 0.2) is 18.2 Å². The molecule has 1 unspecified atom stereocenters. The lowest BCUT2D eigenvalue weighted by molar-refractivity contribution is 0.152. The molecule has 0 radical (unpaired) electrons. The van der Waals surface area contributed by atoms with Crippen LogP contribution in [0.3, 0.4) is 0 Å². The molecule has 2 aliphatic carbocycles. The summed E-state index contributed by atoms with van der Waals surface area (Å²) in [4.78, 5) is 0. The molecule has 0 heterocycles. The summed E-state index contributed by atoms with van der Waals surface area (Å²) in [5, 5.41) is 0. The number of rotatable bonds is 5. The van der Waals surface area contributed by atoms with Gasteiger partial charge in [0.05, 0.1) is 6.17 Å². The van der Waals surface area contributed by atoms with Crippen molar-refractivity contribution in [2.24, 2.45) is 17.8 Å². The predicted molar refractivity (Wildman–Crippen MR) is 96.3 cm³/mol. The van der Waals surface area contributed by atoms with E-state index >= 15 is 0 Å². The zero-order valence-corrected chi connectivity index (χ0v) is 15.3. The molecule has 0 aromatic heterocycles. The van der Waals surface area contributed by atoms with Gasteiger partial charge in [-0.3, -0.25) is 0 Å². The van der Waals surface area contributed by atoms with Crippen molar-refractivity contribution in [2.75, 3.05) is 0 Å². The summed E-state index contributed by atoms with van der Waals surface area (Å²) in [5.41, 5.74) is 0.960. The maximum atomic E-state index is 13.5. The summed E-state index contributed by atoms with van der Waals surface area (Å²) in [7, 11) is 0. The molecule has 0 aliphatic heterocycles. The first-order valence-electron chi connectivity index (χ1n) is 10.1.